The van der Waals surface area contributed by atoms with E-state index in [9.17, 15) is 14.4 Å². The number of ether oxygens (including phenoxy) is 1. The van der Waals surface area contributed by atoms with Crippen molar-refractivity contribution in [1.82, 2.24) is 15.1 Å². The molecule has 7 nitrogen and oxygen atoms in total. The first-order valence-electron chi connectivity index (χ1n) is 12.8. The van der Waals surface area contributed by atoms with Crippen LogP contribution in [0, 0.1) is 17.3 Å². The molecule has 1 aliphatic rings. The molecule has 1 saturated heterocycles. The van der Waals surface area contributed by atoms with E-state index in [-0.39, 0.29) is 41.8 Å². The third-order valence-corrected chi connectivity index (χ3v) is 6.72. The van der Waals surface area contributed by atoms with E-state index in [0.717, 1.165) is 19.4 Å². The number of likely N-dealkylation sites (tertiary alicyclic amines) is 1. The second kappa shape index (κ2) is 12.7. The van der Waals surface area contributed by atoms with Gasteiger partial charge in [-0.1, -0.05) is 47.6 Å². The lowest BCUT2D eigenvalue weighted by Gasteiger charge is -2.42. The van der Waals surface area contributed by atoms with Gasteiger partial charge in [-0.2, -0.15) is 0 Å². The Bertz CT molecular complexity index is 739. The zero-order valence-electron chi connectivity index (χ0n) is 23.4. The standard InChI is InChI=1S/C27H49N3O4/c1-12-34-26(33)20(7)15-22(17(2)3)29(11)25(32)23(27(8,9)10)28-24(31)21-14-13-19(6)16-30(21)18(4)5/h15,17-19,21-23H,12-14,16H2,1-11H3,(H,28,31)/b20-15+/t19-,21-,22-,23-/m1/s1. The summed E-state index contributed by atoms with van der Waals surface area (Å²) in [6.45, 7) is 21.0. The minimum absolute atomic E-state index is 0.0749. The van der Waals surface area contributed by atoms with Gasteiger partial charge < -0.3 is 15.0 Å². The lowest BCUT2D eigenvalue weighted by atomic mass is 9.84. The van der Waals surface area contributed by atoms with Gasteiger partial charge in [0, 0.05) is 25.2 Å². The molecule has 1 heterocycles. The van der Waals surface area contributed by atoms with Gasteiger partial charge in [-0.25, -0.2) is 4.79 Å². The molecule has 7 heteroatoms. The molecule has 34 heavy (non-hydrogen) atoms. The molecule has 1 fully saturated rings. The van der Waals surface area contributed by atoms with Gasteiger partial charge in [0.05, 0.1) is 18.7 Å². The third kappa shape index (κ3) is 8.10. The number of amides is 2. The minimum Gasteiger partial charge on any atom is -0.463 e. The van der Waals surface area contributed by atoms with Crippen LogP contribution in [0.5, 0.6) is 0 Å². The Morgan fingerprint density at radius 2 is 1.74 bits per heavy atom. The summed E-state index contributed by atoms with van der Waals surface area (Å²) in [7, 11) is 1.75. The number of carbonyl (C=O) groups is 3. The molecule has 2 amide bonds. The Labute approximate surface area is 207 Å². The highest BCUT2D eigenvalue weighted by atomic mass is 16.5. The average Bonchev–Trinajstić information content (AvgIpc) is 2.73. The predicted molar refractivity (Wildman–Crippen MR) is 137 cm³/mol. The van der Waals surface area contributed by atoms with Crippen molar-refractivity contribution in [2.45, 2.75) is 106 Å². The highest BCUT2D eigenvalue weighted by Crippen LogP contribution is 2.27. The molecule has 1 aliphatic heterocycles. The lowest BCUT2D eigenvalue weighted by molar-refractivity contribution is -0.142. The van der Waals surface area contributed by atoms with E-state index >= 15 is 0 Å². The average molecular weight is 480 g/mol. The number of hydrogen-bond acceptors (Lipinski definition) is 5. The number of esters is 1. The normalized spacial score (nSPS) is 21.9. The summed E-state index contributed by atoms with van der Waals surface area (Å²) in [5.74, 6) is 0.00842. The van der Waals surface area contributed by atoms with Crippen molar-refractivity contribution in [3.05, 3.63) is 11.6 Å². The number of nitrogens with zero attached hydrogens (tertiary/aromatic N) is 2. The van der Waals surface area contributed by atoms with E-state index in [4.69, 9.17) is 4.74 Å². The molecule has 1 N–H and O–H groups in total. The van der Waals surface area contributed by atoms with Crippen molar-refractivity contribution in [1.29, 1.82) is 0 Å². The topological polar surface area (TPSA) is 79.0 Å². The molecule has 1 rings (SSSR count). The van der Waals surface area contributed by atoms with Gasteiger partial charge >= 0.3 is 5.97 Å². The van der Waals surface area contributed by atoms with E-state index in [1.807, 2.05) is 34.6 Å². The summed E-state index contributed by atoms with van der Waals surface area (Å²) in [5.41, 5.74) is -0.00648. The van der Waals surface area contributed by atoms with E-state index in [2.05, 4.69) is 31.0 Å². The molecule has 0 aromatic heterocycles. The second-order valence-electron chi connectivity index (χ2n) is 11.6. The predicted octanol–water partition coefficient (Wildman–Crippen LogP) is 4.02. The van der Waals surface area contributed by atoms with Crippen molar-refractivity contribution < 1.29 is 19.1 Å². The van der Waals surface area contributed by atoms with Crippen molar-refractivity contribution in [3.8, 4) is 0 Å². The maximum Gasteiger partial charge on any atom is 0.333 e. The second-order valence-corrected chi connectivity index (χ2v) is 11.6. The quantitative estimate of drug-likeness (QED) is 0.399. The Kier molecular flexibility index (Phi) is 11.3. The largest absolute Gasteiger partial charge is 0.463 e. The van der Waals surface area contributed by atoms with Crippen LogP contribution in [0.1, 0.15) is 82.1 Å². The third-order valence-electron chi connectivity index (χ3n) is 6.72. The highest BCUT2D eigenvalue weighted by Gasteiger charge is 2.40. The van der Waals surface area contributed by atoms with Crippen LogP contribution in [0.3, 0.4) is 0 Å². The van der Waals surface area contributed by atoms with E-state index < -0.39 is 11.5 Å². The summed E-state index contributed by atoms with van der Waals surface area (Å²) in [6.07, 6.45) is 3.59. The maximum atomic E-state index is 13.8. The highest BCUT2D eigenvalue weighted by molar-refractivity contribution is 5.91. The van der Waals surface area contributed by atoms with Crippen LogP contribution in [-0.2, 0) is 19.1 Å². The molecule has 0 spiro atoms. The molecular formula is C27H49N3O4. The van der Waals surface area contributed by atoms with E-state index in [1.165, 1.54) is 0 Å². The van der Waals surface area contributed by atoms with Crippen molar-refractivity contribution >= 4 is 17.8 Å². The number of carbonyl (C=O) groups excluding carboxylic acids is 3. The lowest BCUT2D eigenvalue weighted by Crippen LogP contribution is -2.61. The van der Waals surface area contributed by atoms with Gasteiger partial charge in [0.1, 0.15) is 6.04 Å². The first-order valence-corrected chi connectivity index (χ1v) is 12.8. The van der Waals surface area contributed by atoms with Crippen molar-refractivity contribution in [2.24, 2.45) is 17.3 Å². The Morgan fingerprint density at radius 1 is 1.15 bits per heavy atom. The summed E-state index contributed by atoms with van der Waals surface area (Å²) in [5, 5.41) is 3.11. The summed E-state index contributed by atoms with van der Waals surface area (Å²) >= 11 is 0. The number of hydrogen-bond donors (Lipinski definition) is 1. The van der Waals surface area contributed by atoms with Gasteiger partial charge in [0.2, 0.25) is 11.8 Å². The Hall–Kier alpha value is -1.89. The fraction of sp³-hybridized carbons (Fsp3) is 0.815. The van der Waals surface area contributed by atoms with Crippen LogP contribution in [0.25, 0.3) is 0 Å². The smallest absolute Gasteiger partial charge is 0.333 e. The van der Waals surface area contributed by atoms with Gasteiger partial charge in [-0.3, -0.25) is 14.5 Å². The number of piperidine rings is 1. The summed E-state index contributed by atoms with van der Waals surface area (Å²) < 4.78 is 5.11. The molecule has 0 radical (unpaired) electrons. The SMILES string of the molecule is CCOC(=O)/C(C)=C/[C@H](C(C)C)N(C)C(=O)[C@@H](NC(=O)[C@H]1CC[C@@H](C)CN1C(C)C)C(C)(C)C. The zero-order chi connectivity index (χ0) is 26.4. The van der Waals surface area contributed by atoms with Crippen LogP contribution in [0.2, 0.25) is 0 Å². The molecule has 0 aliphatic carbocycles. The first kappa shape index (κ1) is 30.1. The van der Waals surface area contributed by atoms with E-state index in [0.29, 0.717) is 18.1 Å². The molecule has 0 bridgehead atoms. The van der Waals surface area contributed by atoms with Crippen LogP contribution in [-0.4, -0.2) is 72.0 Å². The monoisotopic (exact) mass is 479 g/mol. The molecule has 0 aromatic carbocycles. The van der Waals surface area contributed by atoms with Gasteiger partial charge in [0.25, 0.3) is 0 Å². The molecule has 0 aromatic rings. The van der Waals surface area contributed by atoms with Gasteiger partial charge in [0.15, 0.2) is 0 Å². The Balaban J connectivity index is 3.17. The van der Waals surface area contributed by atoms with Crippen LogP contribution in [0.4, 0.5) is 0 Å². The van der Waals surface area contributed by atoms with Gasteiger partial charge in [-0.05, 0) is 57.8 Å². The molecular weight excluding hydrogens is 430 g/mol. The van der Waals surface area contributed by atoms with Crippen molar-refractivity contribution in [2.75, 3.05) is 20.2 Å². The van der Waals surface area contributed by atoms with E-state index in [1.54, 1.807) is 31.9 Å². The fourth-order valence-corrected chi connectivity index (χ4v) is 4.60. The number of nitrogens with one attached hydrogen (secondary N) is 1. The number of likely N-dealkylation sites (N-methyl/N-ethyl adjacent to an activating group) is 1. The molecule has 4 atom stereocenters. The summed E-state index contributed by atoms with van der Waals surface area (Å²) in [4.78, 5) is 43.3. The molecule has 0 saturated carbocycles. The summed E-state index contributed by atoms with van der Waals surface area (Å²) in [6, 6.07) is -0.963. The Morgan fingerprint density at radius 3 is 2.21 bits per heavy atom. The molecule has 196 valence electrons. The van der Waals surface area contributed by atoms with Crippen LogP contribution in [0.15, 0.2) is 11.6 Å². The minimum atomic E-state index is -0.684. The molecule has 0 unspecified atom stereocenters. The number of rotatable bonds is 9. The maximum absolute atomic E-state index is 13.8. The zero-order valence-corrected chi connectivity index (χ0v) is 23.4. The van der Waals surface area contributed by atoms with Crippen molar-refractivity contribution in [3.63, 3.8) is 0 Å². The van der Waals surface area contributed by atoms with Crippen LogP contribution < -0.4 is 5.32 Å². The van der Waals surface area contributed by atoms with Gasteiger partial charge in [-0.15, -0.1) is 0 Å². The fourth-order valence-electron chi connectivity index (χ4n) is 4.60. The van der Waals surface area contributed by atoms with Crippen LogP contribution >= 0.6 is 0 Å². The first-order chi connectivity index (χ1) is 15.6.